The van der Waals surface area contributed by atoms with Crippen molar-refractivity contribution in [3.8, 4) is 11.5 Å². The minimum absolute atomic E-state index is 0.194. The zero-order chi connectivity index (χ0) is 13.0. The summed E-state index contributed by atoms with van der Waals surface area (Å²) < 4.78 is 10.5. The quantitative estimate of drug-likeness (QED) is 0.899. The molecule has 1 aromatic heterocycles. The SMILES string of the molecule is COc1ccc(NC(C)c2cncs2)c(OC)c1. The van der Waals surface area contributed by atoms with Crippen LogP contribution in [0.25, 0.3) is 0 Å². The van der Waals surface area contributed by atoms with Gasteiger partial charge in [0.1, 0.15) is 11.5 Å². The van der Waals surface area contributed by atoms with Crippen LogP contribution < -0.4 is 14.8 Å². The number of methoxy groups -OCH3 is 2. The fourth-order valence-corrected chi connectivity index (χ4v) is 2.29. The Balaban J connectivity index is 2.18. The van der Waals surface area contributed by atoms with Crippen molar-refractivity contribution in [3.63, 3.8) is 0 Å². The van der Waals surface area contributed by atoms with E-state index in [0.717, 1.165) is 17.2 Å². The van der Waals surface area contributed by atoms with E-state index in [1.807, 2.05) is 29.9 Å². The second-order valence-corrected chi connectivity index (χ2v) is 4.75. The number of nitrogens with zero attached hydrogens (tertiary/aromatic N) is 1. The van der Waals surface area contributed by atoms with E-state index < -0.39 is 0 Å². The topological polar surface area (TPSA) is 43.4 Å². The molecule has 0 fully saturated rings. The molecular formula is C13H16N2O2S. The third kappa shape index (κ3) is 2.73. The Morgan fingerprint density at radius 3 is 2.72 bits per heavy atom. The zero-order valence-corrected chi connectivity index (χ0v) is 11.5. The summed E-state index contributed by atoms with van der Waals surface area (Å²) in [6.07, 6.45) is 1.87. The molecule has 18 heavy (non-hydrogen) atoms. The second kappa shape index (κ2) is 5.73. The summed E-state index contributed by atoms with van der Waals surface area (Å²) in [4.78, 5) is 5.27. The highest BCUT2D eigenvalue weighted by molar-refractivity contribution is 7.09. The van der Waals surface area contributed by atoms with E-state index in [1.165, 1.54) is 4.88 Å². The van der Waals surface area contributed by atoms with Crippen molar-refractivity contribution in [3.05, 3.63) is 34.8 Å². The van der Waals surface area contributed by atoms with Crippen LogP contribution in [-0.2, 0) is 0 Å². The highest BCUT2D eigenvalue weighted by Gasteiger charge is 2.10. The first-order chi connectivity index (χ1) is 8.74. The van der Waals surface area contributed by atoms with Crippen molar-refractivity contribution < 1.29 is 9.47 Å². The number of ether oxygens (including phenoxy) is 2. The molecule has 4 nitrogen and oxygen atoms in total. The molecule has 0 amide bonds. The lowest BCUT2D eigenvalue weighted by Gasteiger charge is -2.16. The Hall–Kier alpha value is -1.75. The molecular weight excluding hydrogens is 248 g/mol. The van der Waals surface area contributed by atoms with Crippen molar-refractivity contribution >= 4 is 17.0 Å². The maximum atomic E-state index is 5.35. The van der Waals surface area contributed by atoms with Crippen LogP contribution in [0.15, 0.2) is 29.9 Å². The van der Waals surface area contributed by atoms with Crippen LogP contribution in [0.1, 0.15) is 17.8 Å². The fraction of sp³-hybridized carbons (Fsp3) is 0.308. The van der Waals surface area contributed by atoms with Gasteiger partial charge in [-0.05, 0) is 19.1 Å². The Labute approximate surface area is 111 Å². The highest BCUT2D eigenvalue weighted by Crippen LogP contribution is 2.32. The zero-order valence-electron chi connectivity index (χ0n) is 10.6. The van der Waals surface area contributed by atoms with E-state index in [1.54, 1.807) is 25.6 Å². The van der Waals surface area contributed by atoms with Crippen LogP contribution in [0, 0.1) is 0 Å². The molecule has 0 radical (unpaired) electrons. The van der Waals surface area contributed by atoms with Crippen molar-refractivity contribution in [2.75, 3.05) is 19.5 Å². The molecule has 0 aliphatic rings. The predicted molar refractivity (Wildman–Crippen MR) is 73.7 cm³/mol. The molecule has 2 rings (SSSR count). The molecule has 1 heterocycles. The molecule has 1 N–H and O–H groups in total. The Kier molecular flexibility index (Phi) is 4.04. The molecule has 0 saturated heterocycles. The Bertz CT molecular complexity index is 500. The van der Waals surface area contributed by atoms with Crippen LogP contribution in [0.4, 0.5) is 5.69 Å². The number of hydrogen-bond acceptors (Lipinski definition) is 5. The van der Waals surface area contributed by atoms with E-state index in [4.69, 9.17) is 9.47 Å². The first-order valence-electron chi connectivity index (χ1n) is 5.61. The highest BCUT2D eigenvalue weighted by atomic mass is 32.1. The molecule has 1 atom stereocenters. The molecule has 0 spiro atoms. The third-order valence-electron chi connectivity index (χ3n) is 2.66. The van der Waals surface area contributed by atoms with Crippen molar-refractivity contribution in [2.45, 2.75) is 13.0 Å². The average Bonchev–Trinajstić information content (AvgIpc) is 2.93. The van der Waals surface area contributed by atoms with E-state index >= 15 is 0 Å². The monoisotopic (exact) mass is 264 g/mol. The number of thiazole rings is 1. The van der Waals surface area contributed by atoms with Crippen LogP contribution in [0.3, 0.4) is 0 Å². The molecule has 2 aromatic rings. The minimum Gasteiger partial charge on any atom is -0.497 e. The van der Waals surface area contributed by atoms with E-state index in [-0.39, 0.29) is 6.04 Å². The van der Waals surface area contributed by atoms with Gasteiger partial charge in [0.25, 0.3) is 0 Å². The molecule has 96 valence electrons. The number of nitrogens with one attached hydrogen (secondary N) is 1. The summed E-state index contributed by atoms with van der Waals surface area (Å²) in [5.41, 5.74) is 2.78. The normalized spacial score (nSPS) is 11.9. The van der Waals surface area contributed by atoms with Gasteiger partial charge in [0.05, 0.1) is 31.5 Å². The Morgan fingerprint density at radius 2 is 2.11 bits per heavy atom. The standard InChI is InChI=1S/C13H16N2O2S/c1-9(13-7-14-8-18-13)15-11-5-4-10(16-2)6-12(11)17-3/h4-9,15H,1-3H3. The molecule has 0 saturated carbocycles. The molecule has 0 bridgehead atoms. The summed E-state index contributed by atoms with van der Waals surface area (Å²) in [5, 5.41) is 3.40. The fourth-order valence-electron chi connectivity index (χ4n) is 1.66. The smallest absolute Gasteiger partial charge is 0.145 e. The average molecular weight is 264 g/mol. The lowest BCUT2D eigenvalue weighted by molar-refractivity contribution is 0.395. The summed E-state index contributed by atoms with van der Waals surface area (Å²) in [6.45, 7) is 2.09. The van der Waals surface area contributed by atoms with E-state index in [0.29, 0.717) is 0 Å². The summed E-state index contributed by atoms with van der Waals surface area (Å²) in [6, 6.07) is 5.92. The van der Waals surface area contributed by atoms with Gasteiger partial charge in [0.15, 0.2) is 0 Å². The van der Waals surface area contributed by atoms with Gasteiger partial charge >= 0.3 is 0 Å². The lowest BCUT2D eigenvalue weighted by Crippen LogP contribution is -2.06. The number of rotatable bonds is 5. The van der Waals surface area contributed by atoms with Gasteiger partial charge in [-0.15, -0.1) is 11.3 Å². The molecule has 5 heteroatoms. The molecule has 0 aliphatic heterocycles. The maximum absolute atomic E-state index is 5.35. The summed E-state index contributed by atoms with van der Waals surface area (Å²) in [5.74, 6) is 1.55. The number of aromatic nitrogens is 1. The van der Waals surface area contributed by atoms with Crippen molar-refractivity contribution in [1.29, 1.82) is 0 Å². The van der Waals surface area contributed by atoms with Gasteiger partial charge < -0.3 is 14.8 Å². The Morgan fingerprint density at radius 1 is 1.28 bits per heavy atom. The maximum Gasteiger partial charge on any atom is 0.145 e. The van der Waals surface area contributed by atoms with Gasteiger partial charge in [0, 0.05) is 17.1 Å². The first-order valence-corrected chi connectivity index (χ1v) is 6.49. The second-order valence-electron chi connectivity index (χ2n) is 3.84. The number of benzene rings is 1. The van der Waals surface area contributed by atoms with Crippen molar-refractivity contribution in [1.82, 2.24) is 4.98 Å². The van der Waals surface area contributed by atoms with Crippen LogP contribution in [-0.4, -0.2) is 19.2 Å². The van der Waals surface area contributed by atoms with Crippen LogP contribution >= 0.6 is 11.3 Å². The van der Waals surface area contributed by atoms with E-state index in [2.05, 4.69) is 17.2 Å². The summed E-state index contributed by atoms with van der Waals surface area (Å²) in [7, 11) is 3.29. The van der Waals surface area contributed by atoms with Crippen LogP contribution in [0.2, 0.25) is 0 Å². The first kappa shape index (κ1) is 12.7. The third-order valence-corrected chi connectivity index (χ3v) is 3.62. The van der Waals surface area contributed by atoms with Gasteiger partial charge in [0.2, 0.25) is 0 Å². The number of anilines is 1. The summed E-state index contributed by atoms with van der Waals surface area (Å²) >= 11 is 1.63. The van der Waals surface area contributed by atoms with Crippen molar-refractivity contribution in [2.24, 2.45) is 0 Å². The predicted octanol–water partition coefficient (Wildman–Crippen LogP) is 3.33. The minimum atomic E-state index is 0.194. The molecule has 1 unspecified atom stereocenters. The number of hydrogen-bond donors (Lipinski definition) is 1. The van der Waals surface area contributed by atoms with Crippen LogP contribution in [0.5, 0.6) is 11.5 Å². The van der Waals surface area contributed by atoms with Gasteiger partial charge in [-0.3, -0.25) is 4.98 Å². The van der Waals surface area contributed by atoms with E-state index in [9.17, 15) is 0 Å². The lowest BCUT2D eigenvalue weighted by atomic mass is 10.2. The van der Waals surface area contributed by atoms with Gasteiger partial charge in [-0.1, -0.05) is 0 Å². The molecule has 1 aromatic carbocycles. The van der Waals surface area contributed by atoms with Gasteiger partial charge in [-0.25, -0.2) is 0 Å². The van der Waals surface area contributed by atoms with Gasteiger partial charge in [-0.2, -0.15) is 0 Å². The molecule has 0 aliphatic carbocycles. The largest absolute Gasteiger partial charge is 0.497 e.